The van der Waals surface area contributed by atoms with Gasteiger partial charge in [-0.2, -0.15) is 0 Å². The van der Waals surface area contributed by atoms with Crippen molar-refractivity contribution in [2.75, 3.05) is 21.3 Å². The van der Waals surface area contributed by atoms with E-state index in [9.17, 15) is 14.7 Å². The lowest BCUT2D eigenvalue weighted by Crippen LogP contribution is -2.59. The number of esters is 1. The highest BCUT2D eigenvalue weighted by atomic mass is 16.7. The van der Waals surface area contributed by atoms with Crippen LogP contribution >= 0.6 is 0 Å². The molecule has 2 heterocycles. The first-order valence-corrected chi connectivity index (χ1v) is 16.2. The van der Waals surface area contributed by atoms with Crippen molar-refractivity contribution in [2.45, 2.75) is 121 Å². The molecule has 3 aliphatic carbocycles. The lowest BCUT2D eigenvalue weighted by Gasteiger charge is -2.44. The number of rotatable bonds is 6. The molecule has 2 saturated heterocycles. The van der Waals surface area contributed by atoms with Crippen LogP contribution in [0.4, 0.5) is 0 Å². The number of carbonyl (C=O) groups is 2. The second kappa shape index (κ2) is 13.7. The number of ether oxygens (including phenoxy) is 6. The van der Waals surface area contributed by atoms with Crippen LogP contribution in [0.3, 0.4) is 0 Å². The summed E-state index contributed by atoms with van der Waals surface area (Å²) < 4.78 is 36.0. The zero-order valence-corrected chi connectivity index (χ0v) is 26.2. The Labute approximate surface area is 250 Å². The average molecular weight is 593 g/mol. The summed E-state index contributed by atoms with van der Waals surface area (Å²) in [5, 5.41) is 10.9. The molecule has 42 heavy (non-hydrogen) atoms. The first kappa shape index (κ1) is 32.0. The molecule has 238 valence electrons. The maximum absolute atomic E-state index is 13.8. The Balaban J connectivity index is 1.32. The fraction of sp³-hybridized carbons (Fsp3) is 0.879. The molecule has 0 bridgehead atoms. The van der Waals surface area contributed by atoms with E-state index in [2.05, 4.69) is 12.2 Å². The van der Waals surface area contributed by atoms with Crippen molar-refractivity contribution >= 4 is 11.8 Å². The number of fused-ring (bicyclic) bond motifs is 5. The van der Waals surface area contributed by atoms with Gasteiger partial charge in [-0.25, -0.2) is 0 Å². The molecule has 0 spiro atoms. The largest absolute Gasteiger partial charge is 0.462 e. The van der Waals surface area contributed by atoms with Gasteiger partial charge in [-0.1, -0.05) is 26.0 Å². The molecule has 9 nitrogen and oxygen atoms in total. The van der Waals surface area contributed by atoms with E-state index in [4.69, 9.17) is 28.4 Å². The van der Waals surface area contributed by atoms with Gasteiger partial charge in [-0.15, -0.1) is 0 Å². The third kappa shape index (κ3) is 6.24. The van der Waals surface area contributed by atoms with Gasteiger partial charge in [0.05, 0.1) is 18.3 Å². The Morgan fingerprint density at radius 3 is 2.33 bits per heavy atom. The molecule has 0 unspecified atom stereocenters. The molecule has 2 aliphatic heterocycles. The van der Waals surface area contributed by atoms with Crippen LogP contribution in [0.5, 0.6) is 0 Å². The van der Waals surface area contributed by atoms with Crippen molar-refractivity contribution in [2.24, 2.45) is 41.4 Å². The maximum atomic E-state index is 13.8. The summed E-state index contributed by atoms with van der Waals surface area (Å²) in [7, 11) is 4.95. The number of hydrogen-bond donors (Lipinski definition) is 1. The van der Waals surface area contributed by atoms with E-state index in [1.807, 2.05) is 20.8 Å². The minimum Gasteiger partial charge on any atom is -0.462 e. The van der Waals surface area contributed by atoms with E-state index in [1.54, 1.807) is 21.3 Å². The Hall–Kier alpha value is -1.36. The number of aliphatic hydroxyl groups is 1. The van der Waals surface area contributed by atoms with Crippen molar-refractivity contribution in [3.05, 3.63) is 12.2 Å². The number of carbonyl (C=O) groups excluding carboxylic acids is 2. The first-order valence-electron chi connectivity index (χ1n) is 16.2. The minimum absolute atomic E-state index is 0.0202. The first-order chi connectivity index (χ1) is 20.2. The Bertz CT molecular complexity index is 969. The van der Waals surface area contributed by atoms with Crippen LogP contribution in [-0.4, -0.2) is 87.2 Å². The van der Waals surface area contributed by atoms with Crippen molar-refractivity contribution in [1.29, 1.82) is 0 Å². The molecule has 5 rings (SSSR count). The van der Waals surface area contributed by atoms with Gasteiger partial charge in [-0.05, 0) is 81.5 Å². The predicted octanol–water partition coefficient (Wildman–Crippen LogP) is 4.09. The van der Waals surface area contributed by atoms with Gasteiger partial charge in [-0.3, -0.25) is 9.59 Å². The summed E-state index contributed by atoms with van der Waals surface area (Å²) in [6.07, 6.45) is 7.45. The molecule has 0 aromatic rings. The normalized spacial score (nSPS) is 48.0. The van der Waals surface area contributed by atoms with Gasteiger partial charge < -0.3 is 33.5 Å². The van der Waals surface area contributed by atoms with Crippen LogP contribution in [-0.2, 0) is 38.0 Å². The van der Waals surface area contributed by atoms with Crippen LogP contribution < -0.4 is 0 Å². The Morgan fingerprint density at radius 1 is 0.905 bits per heavy atom. The van der Waals surface area contributed by atoms with Gasteiger partial charge in [0.1, 0.15) is 30.2 Å². The van der Waals surface area contributed by atoms with E-state index in [0.717, 1.165) is 38.5 Å². The number of ketones is 1. The van der Waals surface area contributed by atoms with Crippen LogP contribution in [0.1, 0.15) is 72.1 Å². The average Bonchev–Trinajstić information content (AvgIpc) is 3.55. The fourth-order valence-corrected chi connectivity index (χ4v) is 8.93. The molecule has 1 N–H and O–H groups in total. The summed E-state index contributed by atoms with van der Waals surface area (Å²) in [6.45, 7) is 5.86. The molecule has 4 fully saturated rings. The molecule has 0 radical (unpaired) electrons. The molecule has 2 saturated carbocycles. The Morgan fingerprint density at radius 2 is 1.64 bits per heavy atom. The van der Waals surface area contributed by atoms with Crippen molar-refractivity contribution in [3.63, 3.8) is 0 Å². The minimum atomic E-state index is -0.666. The maximum Gasteiger partial charge on any atom is 0.306 e. The topological polar surface area (TPSA) is 110 Å². The van der Waals surface area contributed by atoms with Crippen LogP contribution in [0, 0.1) is 41.4 Å². The SMILES string of the molecule is CC[C@H]1CCC[C@@H](O)[C@@H](C)C(=O)[C@H]2C[C@@H]3[C@@H](C=C[C@@H]4C[C@@H](O[C@H]5O[C@@H](C)[C@@H](OC)[C@@H](OC)[C@H]5OC)C[C@H]34)[C@@H]2CC(=O)O1. The smallest absolute Gasteiger partial charge is 0.306 e. The van der Waals surface area contributed by atoms with E-state index >= 15 is 0 Å². The lowest BCUT2D eigenvalue weighted by molar-refractivity contribution is -0.314. The standard InChI is InChI=1S/C33H52O9/c1-7-20-9-8-10-27(34)17(2)29(36)26-15-24-22(25(26)16-28(35)41-20)12-11-19-13-21(14-23(19)24)42-33-32(39-6)31(38-5)30(37-4)18(3)40-33/h11-12,17-27,30-34H,7-10,13-16H2,1-6H3/t17-,18+,19-,20+,21-,22-,23+,24-,25+,26+,27-,30-,31-,32-,33-/m1/s1. The second-order valence-electron chi connectivity index (χ2n) is 13.4. The number of Topliss-reactive ketones (excluding diaryl/α,β-unsaturated/α-hetero) is 1. The number of allylic oxidation sites excluding steroid dienone is 2. The van der Waals surface area contributed by atoms with E-state index in [0.29, 0.717) is 18.3 Å². The van der Waals surface area contributed by atoms with E-state index in [-0.39, 0.29) is 72.4 Å². The summed E-state index contributed by atoms with van der Waals surface area (Å²) in [4.78, 5) is 27.0. The van der Waals surface area contributed by atoms with Crippen molar-refractivity contribution in [3.8, 4) is 0 Å². The molecule has 5 aliphatic rings. The van der Waals surface area contributed by atoms with Crippen LogP contribution in [0.25, 0.3) is 0 Å². The molecule has 0 aromatic carbocycles. The number of methoxy groups -OCH3 is 3. The highest BCUT2D eigenvalue weighted by Crippen LogP contribution is 2.57. The van der Waals surface area contributed by atoms with E-state index < -0.39 is 24.4 Å². The third-order valence-electron chi connectivity index (χ3n) is 11.2. The van der Waals surface area contributed by atoms with Gasteiger partial charge in [0.2, 0.25) is 0 Å². The summed E-state index contributed by atoms with van der Waals surface area (Å²) in [5.74, 6) is 0.229. The molecule has 0 amide bonds. The predicted molar refractivity (Wildman–Crippen MR) is 154 cm³/mol. The van der Waals surface area contributed by atoms with Crippen LogP contribution in [0.2, 0.25) is 0 Å². The summed E-state index contributed by atoms with van der Waals surface area (Å²) in [6, 6.07) is 0. The van der Waals surface area contributed by atoms with Gasteiger partial charge in [0.25, 0.3) is 0 Å². The quantitative estimate of drug-likeness (QED) is 0.360. The zero-order valence-electron chi connectivity index (χ0n) is 26.2. The van der Waals surface area contributed by atoms with Gasteiger partial charge >= 0.3 is 5.97 Å². The zero-order chi connectivity index (χ0) is 30.1. The molecule has 0 aromatic heterocycles. The van der Waals surface area contributed by atoms with Crippen molar-refractivity contribution < 1.29 is 43.1 Å². The molecule has 15 atom stereocenters. The van der Waals surface area contributed by atoms with Crippen LogP contribution in [0.15, 0.2) is 12.2 Å². The number of cyclic esters (lactones) is 1. The highest BCUT2D eigenvalue weighted by Gasteiger charge is 2.55. The highest BCUT2D eigenvalue weighted by molar-refractivity contribution is 5.85. The summed E-state index contributed by atoms with van der Waals surface area (Å²) >= 11 is 0. The van der Waals surface area contributed by atoms with Crippen molar-refractivity contribution in [1.82, 2.24) is 0 Å². The monoisotopic (exact) mass is 592 g/mol. The van der Waals surface area contributed by atoms with Gasteiger partial charge in [0, 0.05) is 39.6 Å². The van der Waals surface area contributed by atoms with E-state index in [1.165, 1.54) is 0 Å². The Kier molecular flexibility index (Phi) is 10.5. The number of hydrogen-bond acceptors (Lipinski definition) is 9. The molecular formula is C33H52O9. The number of aliphatic hydroxyl groups excluding tert-OH is 1. The molecule has 9 heteroatoms. The lowest BCUT2D eigenvalue weighted by atomic mass is 9.71. The fourth-order valence-electron chi connectivity index (χ4n) is 8.93. The van der Waals surface area contributed by atoms with Gasteiger partial charge in [0.15, 0.2) is 6.29 Å². The summed E-state index contributed by atoms with van der Waals surface area (Å²) in [5.41, 5.74) is 0. The molecular weight excluding hydrogens is 540 g/mol. The second-order valence-corrected chi connectivity index (χ2v) is 13.4. The third-order valence-corrected chi connectivity index (χ3v) is 11.2.